The fourth-order valence-electron chi connectivity index (χ4n) is 2.21. The third-order valence-electron chi connectivity index (χ3n) is 3.35. The van der Waals surface area contributed by atoms with Crippen LogP contribution in [0.4, 0.5) is 0 Å². The average Bonchev–Trinajstić information content (AvgIpc) is 2.82. The van der Waals surface area contributed by atoms with E-state index in [-0.39, 0.29) is 6.10 Å². The van der Waals surface area contributed by atoms with Crippen molar-refractivity contribution in [1.82, 2.24) is 9.47 Å². The van der Waals surface area contributed by atoms with Crippen LogP contribution in [0.25, 0.3) is 0 Å². The summed E-state index contributed by atoms with van der Waals surface area (Å²) < 4.78 is 12.7. The average molecular weight is 298 g/mol. The van der Waals surface area contributed by atoms with Gasteiger partial charge in [-0.25, -0.2) is 0 Å². The number of hydrogen-bond donors (Lipinski definition) is 1. The maximum Gasteiger partial charge on any atom is 0.0900 e. The standard InChI is InChI=1S/C16H30N2O3/c1-14(2)21-13-16(19)12-18(9-6-10-20-4)11-15-7-5-8-17(15)3/h5,7-8,14,16,19H,6,9-13H2,1-4H3/t16-/m0/s1. The van der Waals surface area contributed by atoms with E-state index in [1.54, 1.807) is 7.11 Å². The van der Waals surface area contributed by atoms with Gasteiger partial charge in [-0.05, 0) is 32.4 Å². The normalized spacial score (nSPS) is 13.3. The number of methoxy groups -OCH3 is 1. The molecule has 5 heteroatoms. The molecule has 5 nitrogen and oxygen atoms in total. The van der Waals surface area contributed by atoms with Crippen molar-refractivity contribution in [2.45, 2.75) is 39.0 Å². The van der Waals surface area contributed by atoms with Crippen LogP contribution in [0.3, 0.4) is 0 Å². The van der Waals surface area contributed by atoms with Crippen LogP contribution in [-0.2, 0) is 23.1 Å². The van der Waals surface area contributed by atoms with E-state index in [1.165, 1.54) is 5.69 Å². The summed E-state index contributed by atoms with van der Waals surface area (Å²) >= 11 is 0. The first-order valence-corrected chi connectivity index (χ1v) is 7.64. The zero-order chi connectivity index (χ0) is 15.7. The molecule has 0 saturated heterocycles. The molecule has 1 aromatic rings. The number of aromatic nitrogens is 1. The van der Waals surface area contributed by atoms with E-state index in [1.807, 2.05) is 33.2 Å². The number of hydrogen-bond acceptors (Lipinski definition) is 4. The van der Waals surface area contributed by atoms with Crippen molar-refractivity contribution < 1.29 is 14.6 Å². The van der Waals surface area contributed by atoms with Crippen LogP contribution in [0.15, 0.2) is 18.3 Å². The van der Waals surface area contributed by atoms with Crippen molar-refractivity contribution in [1.29, 1.82) is 0 Å². The molecule has 1 heterocycles. The highest BCUT2D eigenvalue weighted by atomic mass is 16.5. The summed E-state index contributed by atoms with van der Waals surface area (Å²) in [5.41, 5.74) is 1.24. The van der Waals surface area contributed by atoms with Gasteiger partial charge in [0.2, 0.25) is 0 Å². The van der Waals surface area contributed by atoms with Crippen molar-refractivity contribution in [3.8, 4) is 0 Å². The quantitative estimate of drug-likeness (QED) is 0.631. The maximum atomic E-state index is 10.1. The predicted octanol–water partition coefficient (Wildman–Crippen LogP) is 1.65. The summed E-state index contributed by atoms with van der Waals surface area (Å²) in [5.74, 6) is 0. The van der Waals surface area contributed by atoms with Crippen LogP contribution in [0.1, 0.15) is 26.0 Å². The molecule has 1 N–H and O–H groups in total. The second-order valence-electron chi connectivity index (χ2n) is 5.73. The molecule has 0 aliphatic rings. The van der Waals surface area contributed by atoms with Crippen molar-refractivity contribution >= 4 is 0 Å². The fourth-order valence-corrected chi connectivity index (χ4v) is 2.21. The Kier molecular flexibility index (Phi) is 8.61. The molecule has 0 fully saturated rings. The van der Waals surface area contributed by atoms with Gasteiger partial charge in [-0.2, -0.15) is 0 Å². The molecule has 0 saturated carbocycles. The second-order valence-corrected chi connectivity index (χ2v) is 5.73. The number of aliphatic hydroxyl groups is 1. The summed E-state index contributed by atoms with van der Waals surface area (Å²) in [4.78, 5) is 2.25. The molecule has 0 aliphatic carbocycles. The monoisotopic (exact) mass is 298 g/mol. The molecule has 0 aromatic carbocycles. The number of nitrogens with zero attached hydrogens (tertiary/aromatic N) is 2. The van der Waals surface area contributed by atoms with Crippen molar-refractivity contribution in [3.05, 3.63) is 24.0 Å². The largest absolute Gasteiger partial charge is 0.389 e. The Hall–Kier alpha value is -0.880. The van der Waals surface area contributed by atoms with E-state index in [9.17, 15) is 5.11 Å². The lowest BCUT2D eigenvalue weighted by Crippen LogP contribution is -2.36. The van der Waals surface area contributed by atoms with E-state index in [4.69, 9.17) is 9.47 Å². The molecular weight excluding hydrogens is 268 g/mol. The van der Waals surface area contributed by atoms with Gasteiger partial charge >= 0.3 is 0 Å². The molecule has 122 valence electrons. The van der Waals surface area contributed by atoms with Crippen LogP contribution < -0.4 is 0 Å². The zero-order valence-electron chi connectivity index (χ0n) is 13.8. The Morgan fingerprint density at radius 2 is 2.14 bits per heavy atom. The lowest BCUT2D eigenvalue weighted by atomic mass is 10.2. The van der Waals surface area contributed by atoms with Gasteiger partial charge in [0.15, 0.2) is 0 Å². The van der Waals surface area contributed by atoms with E-state index >= 15 is 0 Å². The summed E-state index contributed by atoms with van der Waals surface area (Å²) in [6, 6.07) is 4.15. The zero-order valence-corrected chi connectivity index (χ0v) is 13.8. The minimum atomic E-state index is -0.463. The lowest BCUT2D eigenvalue weighted by Gasteiger charge is -2.25. The van der Waals surface area contributed by atoms with Gasteiger partial charge in [-0.1, -0.05) is 0 Å². The molecule has 21 heavy (non-hydrogen) atoms. The van der Waals surface area contributed by atoms with Crippen LogP contribution in [0.2, 0.25) is 0 Å². The number of aliphatic hydroxyl groups excluding tert-OH is 1. The number of rotatable bonds is 11. The summed E-state index contributed by atoms with van der Waals surface area (Å²) in [6.45, 7) is 7.42. The third kappa shape index (κ3) is 7.62. The van der Waals surface area contributed by atoms with Crippen LogP contribution in [0.5, 0.6) is 0 Å². The Bertz CT molecular complexity index is 379. The van der Waals surface area contributed by atoms with Crippen LogP contribution >= 0.6 is 0 Å². The third-order valence-corrected chi connectivity index (χ3v) is 3.35. The van der Waals surface area contributed by atoms with Gasteiger partial charge in [-0.15, -0.1) is 0 Å². The SMILES string of the molecule is COCCCN(Cc1cccn1C)C[C@H](O)COC(C)C. The molecule has 0 unspecified atom stereocenters. The summed E-state index contributed by atoms with van der Waals surface area (Å²) in [6.07, 6.45) is 2.68. The van der Waals surface area contributed by atoms with Gasteiger partial charge in [0, 0.05) is 52.3 Å². The minimum Gasteiger partial charge on any atom is -0.389 e. The highest BCUT2D eigenvalue weighted by Gasteiger charge is 2.14. The highest BCUT2D eigenvalue weighted by molar-refractivity contribution is 5.06. The van der Waals surface area contributed by atoms with Crippen molar-refractivity contribution in [3.63, 3.8) is 0 Å². The molecule has 0 amide bonds. The first-order valence-electron chi connectivity index (χ1n) is 7.64. The first kappa shape index (κ1) is 18.2. The maximum absolute atomic E-state index is 10.1. The molecule has 1 rings (SSSR count). The molecule has 0 radical (unpaired) electrons. The molecule has 1 aromatic heterocycles. The Balaban J connectivity index is 2.49. The van der Waals surface area contributed by atoms with Gasteiger partial charge in [0.1, 0.15) is 0 Å². The Morgan fingerprint density at radius 3 is 2.71 bits per heavy atom. The molecule has 0 bridgehead atoms. The highest BCUT2D eigenvalue weighted by Crippen LogP contribution is 2.07. The van der Waals surface area contributed by atoms with Gasteiger partial charge in [0.05, 0.1) is 18.8 Å². The number of aryl methyl sites for hydroxylation is 1. The van der Waals surface area contributed by atoms with Gasteiger partial charge < -0.3 is 19.1 Å². The predicted molar refractivity (Wildman–Crippen MR) is 84.3 cm³/mol. The Morgan fingerprint density at radius 1 is 1.38 bits per heavy atom. The van der Waals surface area contributed by atoms with Crippen LogP contribution in [0, 0.1) is 0 Å². The fraction of sp³-hybridized carbons (Fsp3) is 0.750. The smallest absolute Gasteiger partial charge is 0.0900 e. The Labute approximate surface area is 128 Å². The first-order chi connectivity index (χ1) is 10.0. The van der Waals surface area contributed by atoms with Gasteiger partial charge in [0.25, 0.3) is 0 Å². The minimum absolute atomic E-state index is 0.148. The van der Waals surface area contributed by atoms with E-state index < -0.39 is 6.10 Å². The van der Waals surface area contributed by atoms with Gasteiger partial charge in [-0.3, -0.25) is 4.90 Å². The molecular formula is C16H30N2O3. The van der Waals surface area contributed by atoms with E-state index in [0.29, 0.717) is 13.2 Å². The van der Waals surface area contributed by atoms with E-state index in [0.717, 1.165) is 26.1 Å². The van der Waals surface area contributed by atoms with Crippen LogP contribution in [-0.4, -0.2) is 60.2 Å². The lowest BCUT2D eigenvalue weighted by molar-refractivity contribution is -0.0105. The van der Waals surface area contributed by atoms with Crippen molar-refractivity contribution in [2.75, 3.05) is 33.4 Å². The van der Waals surface area contributed by atoms with E-state index in [2.05, 4.69) is 15.5 Å². The molecule has 0 aliphatic heterocycles. The summed E-state index contributed by atoms with van der Waals surface area (Å²) in [5, 5.41) is 10.1. The molecule has 0 spiro atoms. The second kappa shape index (κ2) is 9.95. The van der Waals surface area contributed by atoms with Crippen molar-refractivity contribution in [2.24, 2.45) is 7.05 Å². The topological polar surface area (TPSA) is 46.9 Å². The molecule has 1 atom stereocenters. The number of ether oxygens (including phenoxy) is 2. The summed E-state index contributed by atoms with van der Waals surface area (Å²) in [7, 11) is 3.76.